The predicted molar refractivity (Wildman–Crippen MR) is 144 cm³/mol. The second-order valence-electron chi connectivity index (χ2n) is 10.1. The summed E-state index contributed by atoms with van der Waals surface area (Å²) in [5.74, 6) is 0.406. The molecule has 1 aromatic heterocycles. The highest BCUT2D eigenvalue weighted by atomic mass is 16.4. The summed E-state index contributed by atoms with van der Waals surface area (Å²) >= 11 is 0. The Morgan fingerprint density at radius 1 is 1.14 bits per heavy atom. The number of aliphatic carboxylic acids is 1. The Hall–Kier alpha value is -3.40. The third-order valence-corrected chi connectivity index (χ3v) is 7.73. The first-order valence-corrected chi connectivity index (χ1v) is 13.1. The van der Waals surface area contributed by atoms with Crippen LogP contribution in [0.5, 0.6) is 0 Å². The van der Waals surface area contributed by atoms with Gasteiger partial charge in [0.1, 0.15) is 11.9 Å². The zero-order valence-electron chi connectivity index (χ0n) is 21.8. The van der Waals surface area contributed by atoms with Crippen molar-refractivity contribution in [1.82, 2.24) is 20.5 Å². The van der Waals surface area contributed by atoms with Crippen molar-refractivity contribution in [3.8, 4) is 0 Å². The number of urea groups is 1. The molecule has 37 heavy (non-hydrogen) atoms. The molecule has 7 N–H and O–H groups in total. The van der Waals surface area contributed by atoms with Crippen molar-refractivity contribution >= 4 is 34.5 Å². The summed E-state index contributed by atoms with van der Waals surface area (Å²) in [7, 11) is 0. The number of carbonyl (C=O) groups is 3. The fraction of sp³-hybridized carbons (Fsp3) is 0.556. The molecule has 2 aliphatic rings. The smallest absolute Gasteiger partial charge is 0.326 e. The number of pyridine rings is 1. The molecule has 1 aromatic carbocycles. The Balaban J connectivity index is 0.000000220. The molecule has 10 nitrogen and oxygen atoms in total. The summed E-state index contributed by atoms with van der Waals surface area (Å²) in [6.07, 6.45) is 7.16. The summed E-state index contributed by atoms with van der Waals surface area (Å²) < 4.78 is 0. The molecule has 4 rings (SSSR count). The van der Waals surface area contributed by atoms with E-state index in [0.717, 1.165) is 43.2 Å². The van der Waals surface area contributed by atoms with Crippen LogP contribution >= 0.6 is 0 Å². The van der Waals surface area contributed by atoms with Gasteiger partial charge in [-0.2, -0.15) is 0 Å². The molecule has 0 unspecified atom stereocenters. The standard InChI is InChI=1S/C16H19N3O3.C11H21N3O/c1-3-9(2)13(16(21)22)19-15(20)11-5-4-10-6-7-18-14(17)12(10)8-11;12-11(15)14-7-3-10(4-8-14)9-1-5-13-6-2-9/h4-9,13H,3H2,1-2H3,(H2,17,18)(H,19,20)(H,21,22);9-10,13H,1-8H2,(H2,12,15)/t9-,13-;/m1./s1. The zero-order valence-corrected chi connectivity index (χ0v) is 21.8. The number of primary amides is 1. The van der Waals surface area contributed by atoms with E-state index < -0.39 is 17.9 Å². The van der Waals surface area contributed by atoms with Crippen molar-refractivity contribution < 1.29 is 19.5 Å². The molecule has 202 valence electrons. The van der Waals surface area contributed by atoms with Crippen LogP contribution in [0.3, 0.4) is 0 Å². The van der Waals surface area contributed by atoms with Crippen LogP contribution in [0, 0.1) is 17.8 Å². The highest BCUT2D eigenvalue weighted by Crippen LogP contribution is 2.30. The van der Waals surface area contributed by atoms with Crippen LogP contribution in [-0.4, -0.2) is 65.1 Å². The predicted octanol–water partition coefficient (Wildman–Crippen LogP) is 2.82. The van der Waals surface area contributed by atoms with Gasteiger partial charge in [0.25, 0.3) is 5.91 Å². The van der Waals surface area contributed by atoms with Gasteiger partial charge in [0.15, 0.2) is 0 Å². The fourth-order valence-electron chi connectivity index (χ4n) is 5.15. The SMILES string of the molecule is CC[C@@H](C)[C@@H](NC(=O)c1ccc2ccnc(N)c2c1)C(=O)O.NC(=O)N1CCC(C2CCNCC2)CC1. The van der Waals surface area contributed by atoms with E-state index in [2.05, 4.69) is 15.6 Å². The van der Waals surface area contributed by atoms with Crippen molar-refractivity contribution in [1.29, 1.82) is 0 Å². The van der Waals surface area contributed by atoms with Crippen molar-refractivity contribution in [2.45, 2.75) is 52.0 Å². The Morgan fingerprint density at radius 3 is 2.38 bits per heavy atom. The molecule has 3 amide bonds. The maximum absolute atomic E-state index is 12.3. The summed E-state index contributed by atoms with van der Waals surface area (Å²) in [5.41, 5.74) is 11.4. The zero-order chi connectivity index (χ0) is 26.9. The van der Waals surface area contributed by atoms with Gasteiger partial charge in [-0.3, -0.25) is 4.79 Å². The number of piperidine rings is 2. The number of fused-ring (bicyclic) bond motifs is 1. The lowest BCUT2D eigenvalue weighted by Crippen LogP contribution is -2.45. The Labute approximate surface area is 218 Å². The van der Waals surface area contributed by atoms with E-state index in [4.69, 9.17) is 11.5 Å². The van der Waals surface area contributed by atoms with E-state index in [1.807, 2.05) is 6.92 Å². The number of benzene rings is 1. The average Bonchev–Trinajstić information content (AvgIpc) is 2.92. The maximum atomic E-state index is 12.3. The number of nitrogens with zero attached hydrogens (tertiary/aromatic N) is 2. The number of likely N-dealkylation sites (tertiary alicyclic amines) is 1. The number of carboxylic acid groups (broad SMARTS) is 1. The van der Waals surface area contributed by atoms with Gasteiger partial charge in [-0.25, -0.2) is 14.6 Å². The van der Waals surface area contributed by atoms with Gasteiger partial charge in [-0.05, 0) is 80.1 Å². The van der Waals surface area contributed by atoms with Gasteiger partial charge < -0.3 is 32.1 Å². The van der Waals surface area contributed by atoms with Crippen LogP contribution in [0.15, 0.2) is 30.5 Å². The monoisotopic (exact) mass is 512 g/mol. The first-order chi connectivity index (χ1) is 17.7. The third kappa shape index (κ3) is 7.55. The normalized spacial score (nSPS) is 18.4. The minimum absolute atomic E-state index is 0.159. The van der Waals surface area contributed by atoms with Gasteiger partial charge in [0.2, 0.25) is 0 Å². The van der Waals surface area contributed by atoms with E-state index in [0.29, 0.717) is 23.2 Å². The summed E-state index contributed by atoms with van der Waals surface area (Å²) in [6.45, 7) is 7.74. The molecule has 2 atom stereocenters. The number of amides is 3. The average molecular weight is 513 g/mol. The molecule has 0 spiro atoms. The first-order valence-electron chi connectivity index (χ1n) is 13.1. The molecule has 2 saturated heterocycles. The number of hydrogen-bond acceptors (Lipinski definition) is 6. The number of nitrogen functional groups attached to an aromatic ring is 1. The van der Waals surface area contributed by atoms with Crippen LogP contribution in [0.4, 0.5) is 10.6 Å². The van der Waals surface area contributed by atoms with E-state index in [-0.39, 0.29) is 11.9 Å². The van der Waals surface area contributed by atoms with Crippen molar-refractivity contribution in [3.05, 3.63) is 36.0 Å². The Kier molecular flexibility index (Phi) is 10.1. The van der Waals surface area contributed by atoms with Crippen LogP contribution in [0.25, 0.3) is 10.8 Å². The minimum atomic E-state index is -1.04. The molecule has 2 aliphatic heterocycles. The number of aromatic nitrogens is 1. The number of anilines is 1. The molecule has 0 bridgehead atoms. The largest absolute Gasteiger partial charge is 0.480 e. The summed E-state index contributed by atoms with van der Waals surface area (Å²) in [6, 6.07) is 5.67. The molecular formula is C27H40N6O4. The first kappa shape index (κ1) is 28.2. The third-order valence-electron chi connectivity index (χ3n) is 7.73. The number of hydrogen-bond donors (Lipinski definition) is 5. The highest BCUT2D eigenvalue weighted by molar-refractivity contribution is 6.02. The number of nitrogens with one attached hydrogen (secondary N) is 2. The molecule has 0 saturated carbocycles. The Morgan fingerprint density at radius 2 is 1.78 bits per heavy atom. The van der Waals surface area contributed by atoms with Crippen LogP contribution in [0.1, 0.15) is 56.3 Å². The van der Waals surface area contributed by atoms with Gasteiger partial charge in [0.05, 0.1) is 0 Å². The van der Waals surface area contributed by atoms with Crippen molar-refractivity contribution in [3.63, 3.8) is 0 Å². The van der Waals surface area contributed by atoms with Crippen LogP contribution < -0.4 is 22.1 Å². The Bertz CT molecular complexity index is 1080. The summed E-state index contributed by atoms with van der Waals surface area (Å²) in [4.78, 5) is 40.3. The molecule has 10 heteroatoms. The quantitative estimate of drug-likeness (QED) is 0.397. The lowest BCUT2D eigenvalue weighted by molar-refractivity contribution is -0.140. The van der Waals surface area contributed by atoms with E-state index in [1.54, 1.807) is 42.3 Å². The fourth-order valence-corrected chi connectivity index (χ4v) is 5.15. The second kappa shape index (κ2) is 13.2. The van der Waals surface area contributed by atoms with Gasteiger partial charge in [-0.15, -0.1) is 0 Å². The maximum Gasteiger partial charge on any atom is 0.326 e. The molecular weight excluding hydrogens is 472 g/mol. The van der Waals surface area contributed by atoms with Crippen LogP contribution in [-0.2, 0) is 4.79 Å². The lowest BCUT2D eigenvalue weighted by atomic mass is 9.79. The van der Waals surface area contributed by atoms with Gasteiger partial charge in [-0.1, -0.05) is 26.3 Å². The van der Waals surface area contributed by atoms with E-state index >= 15 is 0 Å². The van der Waals surface area contributed by atoms with Gasteiger partial charge in [0, 0.05) is 30.2 Å². The van der Waals surface area contributed by atoms with E-state index in [1.165, 1.54) is 25.9 Å². The molecule has 0 aliphatic carbocycles. The van der Waals surface area contributed by atoms with E-state index in [9.17, 15) is 19.5 Å². The summed E-state index contributed by atoms with van der Waals surface area (Å²) in [5, 5.41) is 16.8. The lowest BCUT2D eigenvalue weighted by Gasteiger charge is -2.37. The minimum Gasteiger partial charge on any atom is -0.480 e. The van der Waals surface area contributed by atoms with Crippen molar-refractivity contribution in [2.24, 2.45) is 23.5 Å². The molecule has 2 fully saturated rings. The van der Waals surface area contributed by atoms with Gasteiger partial charge >= 0.3 is 12.0 Å². The molecule has 2 aromatic rings. The molecule has 0 radical (unpaired) electrons. The second-order valence-corrected chi connectivity index (χ2v) is 10.1. The highest BCUT2D eigenvalue weighted by Gasteiger charge is 2.28. The van der Waals surface area contributed by atoms with Crippen LogP contribution in [0.2, 0.25) is 0 Å². The number of carboxylic acids is 1. The number of carbonyl (C=O) groups excluding carboxylic acids is 2. The number of rotatable bonds is 6. The van der Waals surface area contributed by atoms with Crippen molar-refractivity contribution in [2.75, 3.05) is 31.9 Å². The number of nitrogens with two attached hydrogens (primary N) is 2. The molecule has 3 heterocycles. The topological polar surface area (TPSA) is 164 Å².